The fraction of sp³-hybridized carbons (Fsp3) is 0.500. The number of piperidine rings is 1. The minimum atomic E-state index is -3.55. The molecule has 1 saturated heterocycles. The van der Waals surface area contributed by atoms with Crippen LogP contribution in [0.25, 0.3) is 0 Å². The molecule has 1 heterocycles. The van der Waals surface area contributed by atoms with Gasteiger partial charge in [0.2, 0.25) is 10.0 Å². The summed E-state index contributed by atoms with van der Waals surface area (Å²) < 4.78 is 27.7. The van der Waals surface area contributed by atoms with E-state index in [1.165, 1.54) is 4.31 Å². The van der Waals surface area contributed by atoms with Gasteiger partial charge in [-0.2, -0.15) is 0 Å². The Kier molecular flexibility index (Phi) is 9.20. The zero-order valence-corrected chi connectivity index (χ0v) is 20.8. The fourth-order valence-electron chi connectivity index (χ4n) is 4.69. The maximum atomic E-state index is 13.1. The number of sulfonamides is 1. The Labute approximate surface area is 199 Å². The van der Waals surface area contributed by atoms with Crippen LogP contribution in [-0.2, 0) is 14.8 Å². The highest BCUT2D eigenvalue weighted by Crippen LogP contribution is 2.27. The second-order valence-electron chi connectivity index (χ2n) is 8.94. The Morgan fingerprint density at radius 3 is 2.36 bits per heavy atom. The van der Waals surface area contributed by atoms with E-state index in [0.717, 1.165) is 44.5 Å². The third-order valence-corrected chi connectivity index (χ3v) is 8.53. The van der Waals surface area contributed by atoms with Crippen molar-refractivity contribution in [3.63, 3.8) is 0 Å². The number of likely N-dealkylation sites (tertiary alicyclic amines) is 1. The molecule has 180 valence electrons. The lowest BCUT2D eigenvalue weighted by molar-refractivity contribution is -0.123. The van der Waals surface area contributed by atoms with Crippen LogP contribution < -0.4 is 5.32 Å². The predicted molar refractivity (Wildman–Crippen MR) is 133 cm³/mol. The van der Waals surface area contributed by atoms with E-state index < -0.39 is 10.0 Å². The molecule has 1 unspecified atom stereocenters. The van der Waals surface area contributed by atoms with Gasteiger partial charge in [-0.15, -0.1) is 0 Å². The first-order valence-corrected chi connectivity index (χ1v) is 13.3. The van der Waals surface area contributed by atoms with Crippen LogP contribution in [0.5, 0.6) is 0 Å². The SMILES string of the molecule is CCN[C@H]1C[C@@H](C(C)=O)CCN1CCC(CN(C)S(=O)(=O)c1ccccc1)c1ccccc1. The van der Waals surface area contributed by atoms with Gasteiger partial charge in [0.25, 0.3) is 0 Å². The summed E-state index contributed by atoms with van der Waals surface area (Å²) in [5, 5.41) is 3.54. The van der Waals surface area contributed by atoms with Crippen molar-refractivity contribution in [2.24, 2.45) is 5.92 Å². The number of ketones is 1. The largest absolute Gasteiger partial charge is 0.302 e. The predicted octanol–water partition coefficient (Wildman–Crippen LogP) is 3.72. The molecule has 0 aromatic heterocycles. The molecular weight excluding hydrogens is 434 g/mol. The molecule has 1 fully saturated rings. The highest BCUT2D eigenvalue weighted by atomic mass is 32.2. The first-order valence-electron chi connectivity index (χ1n) is 11.9. The first kappa shape index (κ1) is 25.6. The smallest absolute Gasteiger partial charge is 0.242 e. The van der Waals surface area contributed by atoms with Crippen molar-refractivity contribution in [3.8, 4) is 0 Å². The van der Waals surface area contributed by atoms with Crippen LogP contribution in [0, 0.1) is 5.92 Å². The summed E-state index contributed by atoms with van der Waals surface area (Å²) in [5.74, 6) is 0.465. The van der Waals surface area contributed by atoms with Crippen LogP contribution >= 0.6 is 0 Å². The van der Waals surface area contributed by atoms with E-state index in [1.807, 2.05) is 24.3 Å². The molecule has 7 heteroatoms. The number of carbonyl (C=O) groups excluding carboxylic acids is 1. The number of rotatable bonds is 11. The lowest BCUT2D eigenvalue weighted by Crippen LogP contribution is -2.52. The van der Waals surface area contributed by atoms with Gasteiger partial charge < -0.3 is 5.32 Å². The highest BCUT2D eigenvalue weighted by molar-refractivity contribution is 7.89. The molecule has 1 aliphatic rings. The van der Waals surface area contributed by atoms with Crippen molar-refractivity contribution < 1.29 is 13.2 Å². The van der Waals surface area contributed by atoms with Crippen molar-refractivity contribution in [2.75, 3.05) is 33.2 Å². The fourth-order valence-corrected chi connectivity index (χ4v) is 5.93. The quantitative estimate of drug-likeness (QED) is 0.541. The normalized spacial score (nSPS) is 20.6. The van der Waals surface area contributed by atoms with Crippen molar-refractivity contribution >= 4 is 15.8 Å². The Morgan fingerprint density at radius 2 is 1.76 bits per heavy atom. The number of nitrogens with zero attached hydrogens (tertiary/aromatic N) is 2. The molecule has 0 amide bonds. The van der Waals surface area contributed by atoms with Gasteiger partial charge in [-0.25, -0.2) is 12.7 Å². The standard InChI is InChI=1S/C26H37N3O3S/c1-4-27-26-19-23(21(2)30)15-17-29(26)18-16-24(22-11-7-5-8-12-22)20-28(3)33(31,32)25-13-9-6-10-14-25/h5-14,23-24,26-27H,4,15-20H2,1-3H3/t23-,24?,26+/m0/s1. The van der Waals surface area contributed by atoms with E-state index in [0.29, 0.717) is 11.4 Å². The second-order valence-corrected chi connectivity index (χ2v) is 11.0. The topological polar surface area (TPSA) is 69.7 Å². The van der Waals surface area contributed by atoms with E-state index in [4.69, 9.17) is 0 Å². The lowest BCUT2D eigenvalue weighted by atomic mass is 9.90. The summed E-state index contributed by atoms with van der Waals surface area (Å²) >= 11 is 0. The molecule has 2 aromatic rings. The van der Waals surface area contributed by atoms with Gasteiger partial charge in [-0.05, 0) is 56.3 Å². The molecule has 1 aliphatic heterocycles. The Morgan fingerprint density at radius 1 is 1.12 bits per heavy atom. The summed E-state index contributed by atoms with van der Waals surface area (Å²) in [5.41, 5.74) is 1.14. The van der Waals surface area contributed by atoms with Gasteiger partial charge in [0.1, 0.15) is 5.78 Å². The van der Waals surface area contributed by atoms with Crippen molar-refractivity contribution in [2.45, 2.75) is 50.1 Å². The maximum Gasteiger partial charge on any atom is 0.242 e. The maximum absolute atomic E-state index is 13.1. The number of hydrogen-bond donors (Lipinski definition) is 1. The van der Waals surface area contributed by atoms with Crippen LogP contribution in [0.15, 0.2) is 65.6 Å². The summed E-state index contributed by atoms with van der Waals surface area (Å²) in [4.78, 5) is 14.7. The molecule has 3 atom stereocenters. The van der Waals surface area contributed by atoms with Gasteiger partial charge in [0.05, 0.1) is 11.1 Å². The molecular formula is C26H37N3O3S. The number of carbonyl (C=O) groups is 1. The van der Waals surface area contributed by atoms with Crippen molar-refractivity contribution in [1.82, 2.24) is 14.5 Å². The minimum Gasteiger partial charge on any atom is -0.302 e. The zero-order valence-electron chi connectivity index (χ0n) is 20.0. The Bertz CT molecular complexity index is 982. The van der Waals surface area contributed by atoms with Gasteiger partial charge in [0.15, 0.2) is 0 Å². The van der Waals surface area contributed by atoms with Crippen molar-refractivity contribution in [3.05, 3.63) is 66.2 Å². The van der Waals surface area contributed by atoms with E-state index in [-0.39, 0.29) is 23.8 Å². The summed E-state index contributed by atoms with van der Waals surface area (Å²) in [6.07, 6.45) is 2.74. The Balaban J connectivity index is 1.73. The van der Waals surface area contributed by atoms with E-state index in [1.54, 1.807) is 38.2 Å². The lowest BCUT2D eigenvalue weighted by Gasteiger charge is -2.40. The molecule has 2 aromatic carbocycles. The zero-order chi connectivity index (χ0) is 23.8. The third kappa shape index (κ3) is 6.73. The van der Waals surface area contributed by atoms with Gasteiger partial charge >= 0.3 is 0 Å². The summed E-state index contributed by atoms with van der Waals surface area (Å²) in [6.45, 7) is 6.77. The number of hydrogen-bond acceptors (Lipinski definition) is 5. The van der Waals surface area contributed by atoms with E-state index in [9.17, 15) is 13.2 Å². The highest BCUT2D eigenvalue weighted by Gasteiger charge is 2.31. The minimum absolute atomic E-state index is 0.0718. The molecule has 0 aliphatic carbocycles. The molecule has 33 heavy (non-hydrogen) atoms. The number of benzene rings is 2. The van der Waals surface area contributed by atoms with Crippen LogP contribution in [-0.4, -0.2) is 62.8 Å². The van der Waals surface area contributed by atoms with Gasteiger partial charge in [-0.3, -0.25) is 9.69 Å². The van der Waals surface area contributed by atoms with Crippen LogP contribution in [0.2, 0.25) is 0 Å². The molecule has 0 spiro atoms. The van der Waals surface area contributed by atoms with Crippen LogP contribution in [0.1, 0.15) is 44.6 Å². The second kappa shape index (κ2) is 11.9. The van der Waals surface area contributed by atoms with Crippen LogP contribution in [0.3, 0.4) is 0 Å². The Hall–Kier alpha value is -2.06. The molecule has 3 rings (SSSR count). The van der Waals surface area contributed by atoms with Crippen LogP contribution in [0.4, 0.5) is 0 Å². The van der Waals surface area contributed by atoms with Crippen molar-refractivity contribution in [1.29, 1.82) is 0 Å². The molecule has 0 bridgehead atoms. The molecule has 0 radical (unpaired) electrons. The van der Waals surface area contributed by atoms with E-state index >= 15 is 0 Å². The molecule has 0 saturated carbocycles. The number of Topliss-reactive ketones (excluding diaryl/α,β-unsaturated/α-hetero) is 1. The van der Waals surface area contributed by atoms with Gasteiger partial charge in [0, 0.05) is 32.6 Å². The summed E-state index contributed by atoms with van der Waals surface area (Å²) in [7, 11) is -1.89. The molecule has 6 nitrogen and oxygen atoms in total. The monoisotopic (exact) mass is 471 g/mol. The number of nitrogens with one attached hydrogen (secondary N) is 1. The summed E-state index contributed by atoms with van der Waals surface area (Å²) in [6, 6.07) is 18.8. The third-order valence-electron chi connectivity index (χ3n) is 6.69. The van der Waals surface area contributed by atoms with Gasteiger partial charge in [-0.1, -0.05) is 55.5 Å². The average molecular weight is 472 g/mol. The number of likely N-dealkylation sites (N-methyl/N-ethyl adjacent to an activating group) is 1. The molecule has 1 N–H and O–H groups in total. The average Bonchev–Trinajstić information content (AvgIpc) is 2.83. The first-order chi connectivity index (χ1) is 15.8. The van der Waals surface area contributed by atoms with E-state index in [2.05, 4.69) is 29.3 Å².